The van der Waals surface area contributed by atoms with Gasteiger partial charge in [0.2, 0.25) is 5.91 Å². The molecule has 1 aliphatic carbocycles. The van der Waals surface area contributed by atoms with E-state index in [0.29, 0.717) is 12.5 Å². The molecular formula is C18H19N3OS. The number of imidazole rings is 1. The van der Waals surface area contributed by atoms with Crippen molar-refractivity contribution in [3.05, 3.63) is 52.0 Å². The Morgan fingerprint density at radius 1 is 1.39 bits per heavy atom. The third-order valence-electron chi connectivity index (χ3n) is 4.47. The molecule has 1 fully saturated rings. The Labute approximate surface area is 138 Å². The van der Waals surface area contributed by atoms with Gasteiger partial charge in [-0.1, -0.05) is 12.1 Å². The van der Waals surface area contributed by atoms with Crippen molar-refractivity contribution in [1.29, 1.82) is 0 Å². The van der Waals surface area contributed by atoms with Crippen LogP contribution in [0.2, 0.25) is 0 Å². The topological polar surface area (TPSA) is 57.8 Å². The normalized spacial score (nSPS) is 19.9. The van der Waals surface area contributed by atoms with Gasteiger partial charge in [0.05, 0.1) is 11.0 Å². The SMILES string of the molecule is Cc1ccsc1[C@@H]1C[C@H]1C(=O)NCCc1nc2ccccc2[nH]1. The van der Waals surface area contributed by atoms with Crippen molar-refractivity contribution in [1.82, 2.24) is 15.3 Å². The summed E-state index contributed by atoms with van der Waals surface area (Å²) in [5, 5.41) is 5.17. The number of amides is 1. The van der Waals surface area contributed by atoms with E-state index in [-0.39, 0.29) is 11.8 Å². The summed E-state index contributed by atoms with van der Waals surface area (Å²) in [7, 11) is 0. The van der Waals surface area contributed by atoms with Crippen LogP contribution in [0.3, 0.4) is 0 Å². The molecule has 4 nitrogen and oxygen atoms in total. The lowest BCUT2D eigenvalue weighted by atomic mass is 10.2. The number of carbonyl (C=O) groups is 1. The summed E-state index contributed by atoms with van der Waals surface area (Å²) in [4.78, 5) is 21.4. The lowest BCUT2D eigenvalue weighted by Crippen LogP contribution is -2.27. The van der Waals surface area contributed by atoms with Crippen LogP contribution in [0.1, 0.15) is 28.6 Å². The highest BCUT2D eigenvalue weighted by Crippen LogP contribution is 2.50. The van der Waals surface area contributed by atoms with Gasteiger partial charge in [-0.3, -0.25) is 4.79 Å². The number of thiophene rings is 1. The monoisotopic (exact) mass is 325 g/mol. The third-order valence-corrected chi connectivity index (χ3v) is 5.62. The van der Waals surface area contributed by atoms with Crippen LogP contribution in [0.25, 0.3) is 11.0 Å². The quantitative estimate of drug-likeness (QED) is 0.755. The van der Waals surface area contributed by atoms with Gasteiger partial charge in [-0.05, 0) is 42.5 Å². The Morgan fingerprint density at radius 3 is 3.04 bits per heavy atom. The molecule has 3 aromatic rings. The molecule has 5 heteroatoms. The van der Waals surface area contributed by atoms with Gasteiger partial charge in [0.25, 0.3) is 0 Å². The number of para-hydroxylation sites is 2. The Morgan fingerprint density at radius 2 is 2.26 bits per heavy atom. The van der Waals surface area contributed by atoms with E-state index in [9.17, 15) is 4.79 Å². The van der Waals surface area contributed by atoms with E-state index in [4.69, 9.17) is 0 Å². The summed E-state index contributed by atoms with van der Waals surface area (Å²) in [6, 6.07) is 10.1. The molecule has 2 N–H and O–H groups in total. The van der Waals surface area contributed by atoms with Crippen LogP contribution >= 0.6 is 11.3 Å². The van der Waals surface area contributed by atoms with Crippen molar-refractivity contribution >= 4 is 28.3 Å². The fourth-order valence-electron chi connectivity index (χ4n) is 3.10. The number of rotatable bonds is 5. The van der Waals surface area contributed by atoms with Crippen LogP contribution in [0.15, 0.2) is 35.7 Å². The van der Waals surface area contributed by atoms with Gasteiger partial charge in [-0.25, -0.2) is 4.98 Å². The lowest BCUT2D eigenvalue weighted by Gasteiger charge is -2.03. The molecule has 0 unspecified atom stereocenters. The summed E-state index contributed by atoms with van der Waals surface area (Å²) in [5.74, 6) is 1.69. The molecule has 1 aromatic carbocycles. The number of hydrogen-bond acceptors (Lipinski definition) is 3. The summed E-state index contributed by atoms with van der Waals surface area (Å²) in [6.07, 6.45) is 1.72. The fourth-order valence-corrected chi connectivity index (χ4v) is 4.21. The van der Waals surface area contributed by atoms with Crippen molar-refractivity contribution in [3.63, 3.8) is 0 Å². The van der Waals surface area contributed by atoms with Crippen LogP contribution in [0.4, 0.5) is 0 Å². The minimum absolute atomic E-state index is 0.156. The van der Waals surface area contributed by atoms with E-state index in [1.54, 1.807) is 11.3 Å². The zero-order valence-corrected chi connectivity index (χ0v) is 13.8. The summed E-state index contributed by atoms with van der Waals surface area (Å²) in [6.45, 7) is 2.76. The van der Waals surface area contributed by atoms with Crippen molar-refractivity contribution in [2.24, 2.45) is 5.92 Å². The standard InChI is InChI=1S/C18H19N3OS/c1-11-7-9-23-17(11)12-10-13(12)18(22)19-8-6-16-20-14-4-2-3-5-15(14)21-16/h2-5,7,9,12-13H,6,8,10H2,1H3,(H,19,22)(H,20,21)/t12-,13-/m1/s1. The molecule has 0 saturated heterocycles. The predicted molar refractivity (Wildman–Crippen MR) is 92.7 cm³/mol. The molecule has 2 aromatic heterocycles. The number of aryl methyl sites for hydroxylation is 1. The molecule has 1 saturated carbocycles. The van der Waals surface area contributed by atoms with Crippen molar-refractivity contribution in [2.45, 2.75) is 25.7 Å². The van der Waals surface area contributed by atoms with Gasteiger partial charge in [0.1, 0.15) is 5.82 Å². The summed E-state index contributed by atoms with van der Waals surface area (Å²) >= 11 is 1.77. The molecule has 0 spiro atoms. The van der Waals surface area contributed by atoms with Gasteiger partial charge >= 0.3 is 0 Å². The van der Waals surface area contributed by atoms with Gasteiger partial charge < -0.3 is 10.3 Å². The number of hydrogen-bond donors (Lipinski definition) is 2. The first-order valence-corrected chi connectivity index (χ1v) is 8.85. The van der Waals surface area contributed by atoms with Crippen molar-refractivity contribution < 1.29 is 4.79 Å². The molecule has 0 aliphatic heterocycles. The first kappa shape index (κ1) is 14.5. The fraction of sp³-hybridized carbons (Fsp3) is 0.333. The van der Waals surface area contributed by atoms with Crippen LogP contribution in [0.5, 0.6) is 0 Å². The Balaban J connectivity index is 1.30. The summed E-state index contributed by atoms with van der Waals surface area (Å²) in [5.41, 5.74) is 3.34. The maximum absolute atomic E-state index is 12.2. The first-order chi connectivity index (χ1) is 11.2. The minimum atomic E-state index is 0.156. The largest absolute Gasteiger partial charge is 0.355 e. The van der Waals surface area contributed by atoms with Crippen LogP contribution in [-0.4, -0.2) is 22.4 Å². The number of nitrogens with one attached hydrogen (secondary N) is 2. The van der Waals surface area contributed by atoms with Gasteiger partial charge in [0, 0.05) is 29.7 Å². The molecule has 1 aliphatic rings. The lowest BCUT2D eigenvalue weighted by molar-refractivity contribution is -0.122. The number of H-pyrrole nitrogens is 1. The minimum Gasteiger partial charge on any atom is -0.355 e. The van der Waals surface area contributed by atoms with Crippen LogP contribution in [0, 0.1) is 12.8 Å². The number of aromatic nitrogens is 2. The second kappa shape index (κ2) is 5.81. The Hall–Kier alpha value is -2.14. The van der Waals surface area contributed by atoms with E-state index in [2.05, 4.69) is 33.7 Å². The molecular weight excluding hydrogens is 306 g/mol. The van der Waals surface area contributed by atoms with Gasteiger partial charge in [-0.2, -0.15) is 0 Å². The molecule has 118 valence electrons. The highest BCUT2D eigenvalue weighted by molar-refractivity contribution is 7.10. The maximum Gasteiger partial charge on any atom is 0.223 e. The average molecular weight is 325 g/mol. The second-order valence-electron chi connectivity index (χ2n) is 6.16. The number of aromatic amines is 1. The maximum atomic E-state index is 12.2. The molecule has 23 heavy (non-hydrogen) atoms. The molecule has 2 atom stereocenters. The van der Waals surface area contributed by atoms with E-state index in [1.165, 1.54) is 10.4 Å². The predicted octanol–water partition coefficient (Wildman–Crippen LogP) is 3.40. The van der Waals surface area contributed by atoms with Gasteiger partial charge in [0.15, 0.2) is 0 Å². The van der Waals surface area contributed by atoms with Crippen molar-refractivity contribution in [3.8, 4) is 0 Å². The number of nitrogens with zero attached hydrogens (tertiary/aromatic N) is 1. The molecule has 0 bridgehead atoms. The summed E-state index contributed by atoms with van der Waals surface area (Å²) < 4.78 is 0. The smallest absolute Gasteiger partial charge is 0.223 e. The van der Waals surface area contributed by atoms with E-state index in [0.717, 1.165) is 29.7 Å². The zero-order chi connectivity index (χ0) is 15.8. The van der Waals surface area contributed by atoms with Crippen LogP contribution < -0.4 is 5.32 Å². The van der Waals surface area contributed by atoms with Gasteiger partial charge in [-0.15, -0.1) is 11.3 Å². The number of fused-ring (bicyclic) bond motifs is 1. The molecule has 2 heterocycles. The Kier molecular flexibility index (Phi) is 3.65. The highest BCUT2D eigenvalue weighted by atomic mass is 32.1. The zero-order valence-electron chi connectivity index (χ0n) is 13.0. The number of carbonyl (C=O) groups excluding carboxylic acids is 1. The highest BCUT2D eigenvalue weighted by Gasteiger charge is 2.45. The van der Waals surface area contributed by atoms with Crippen LogP contribution in [-0.2, 0) is 11.2 Å². The van der Waals surface area contributed by atoms with E-state index in [1.807, 2.05) is 24.3 Å². The van der Waals surface area contributed by atoms with Crippen molar-refractivity contribution in [2.75, 3.05) is 6.54 Å². The second-order valence-corrected chi connectivity index (χ2v) is 7.11. The third kappa shape index (κ3) is 2.88. The molecule has 0 radical (unpaired) electrons. The number of benzene rings is 1. The first-order valence-electron chi connectivity index (χ1n) is 7.97. The van der Waals surface area contributed by atoms with E-state index < -0.39 is 0 Å². The van der Waals surface area contributed by atoms with E-state index >= 15 is 0 Å². The average Bonchev–Trinajstić information content (AvgIpc) is 3.04. The molecule has 1 amide bonds. The Bertz CT molecular complexity index is 818. The molecule has 4 rings (SSSR count).